The molecule has 2 N–H and O–H groups in total. The number of amides is 1. The molecule has 0 radical (unpaired) electrons. The zero-order valence-corrected chi connectivity index (χ0v) is 13.2. The van der Waals surface area contributed by atoms with Gasteiger partial charge in [0.2, 0.25) is 0 Å². The van der Waals surface area contributed by atoms with Gasteiger partial charge in [-0.05, 0) is 37.5 Å². The van der Waals surface area contributed by atoms with E-state index >= 15 is 0 Å². The number of aromatic nitrogens is 2. The molecule has 0 spiro atoms. The van der Waals surface area contributed by atoms with Gasteiger partial charge in [-0.3, -0.25) is 9.78 Å². The molecule has 0 aliphatic carbocycles. The average molecular weight is 298 g/mol. The Morgan fingerprint density at radius 2 is 2.05 bits per heavy atom. The van der Waals surface area contributed by atoms with Crippen LogP contribution in [0.3, 0.4) is 0 Å². The molecule has 0 fully saturated rings. The number of anilines is 2. The van der Waals surface area contributed by atoms with Crippen LogP contribution in [0.15, 0.2) is 42.9 Å². The molecule has 0 aliphatic rings. The van der Waals surface area contributed by atoms with Crippen molar-refractivity contribution in [3.05, 3.63) is 48.4 Å². The fourth-order valence-electron chi connectivity index (χ4n) is 2.32. The molecule has 1 amide bonds. The Balaban J connectivity index is 2.03. The van der Waals surface area contributed by atoms with Crippen LogP contribution in [0.5, 0.6) is 0 Å². The Morgan fingerprint density at radius 3 is 2.73 bits per heavy atom. The van der Waals surface area contributed by atoms with Crippen LogP contribution in [0.1, 0.15) is 37.6 Å². The summed E-state index contributed by atoms with van der Waals surface area (Å²) in [5, 5.41) is 6.15. The summed E-state index contributed by atoms with van der Waals surface area (Å²) in [6.07, 6.45) is 5.83. The Morgan fingerprint density at radius 1 is 1.23 bits per heavy atom. The van der Waals surface area contributed by atoms with Crippen LogP contribution in [0.4, 0.5) is 11.5 Å². The third kappa shape index (κ3) is 4.84. The topological polar surface area (TPSA) is 66.9 Å². The van der Waals surface area contributed by atoms with Gasteiger partial charge in [0.15, 0.2) is 0 Å². The van der Waals surface area contributed by atoms with E-state index in [4.69, 9.17) is 0 Å². The molecule has 2 aromatic rings. The van der Waals surface area contributed by atoms with E-state index in [9.17, 15) is 4.79 Å². The molecule has 0 saturated carbocycles. The van der Waals surface area contributed by atoms with E-state index in [1.165, 1.54) is 0 Å². The molecular weight excluding hydrogens is 276 g/mol. The highest BCUT2D eigenvalue weighted by Gasteiger charge is 2.11. The zero-order chi connectivity index (χ0) is 15.9. The summed E-state index contributed by atoms with van der Waals surface area (Å²) in [5.74, 6) is 1.14. The molecule has 5 heteroatoms. The Labute approximate surface area is 131 Å². The van der Waals surface area contributed by atoms with E-state index in [-0.39, 0.29) is 11.9 Å². The van der Waals surface area contributed by atoms with Crippen molar-refractivity contribution < 1.29 is 4.79 Å². The molecule has 0 saturated heterocycles. The van der Waals surface area contributed by atoms with Crippen molar-refractivity contribution in [1.82, 2.24) is 15.3 Å². The minimum Gasteiger partial charge on any atom is -0.350 e. The van der Waals surface area contributed by atoms with Gasteiger partial charge in [-0.1, -0.05) is 19.9 Å². The van der Waals surface area contributed by atoms with E-state index in [0.29, 0.717) is 17.3 Å². The van der Waals surface area contributed by atoms with E-state index in [1.54, 1.807) is 24.7 Å². The summed E-state index contributed by atoms with van der Waals surface area (Å²) in [5.41, 5.74) is 1.44. The highest BCUT2D eigenvalue weighted by Crippen LogP contribution is 2.15. The summed E-state index contributed by atoms with van der Waals surface area (Å²) < 4.78 is 0. The lowest BCUT2D eigenvalue weighted by atomic mass is 10.0. The van der Waals surface area contributed by atoms with Crippen LogP contribution in [0.25, 0.3) is 0 Å². The predicted molar refractivity (Wildman–Crippen MR) is 88.1 cm³/mol. The highest BCUT2D eigenvalue weighted by atomic mass is 16.1. The minimum atomic E-state index is -0.0593. The third-order valence-corrected chi connectivity index (χ3v) is 3.16. The molecule has 116 valence electrons. The Bertz CT molecular complexity index is 613. The number of carbonyl (C=O) groups is 1. The van der Waals surface area contributed by atoms with E-state index in [0.717, 1.165) is 12.1 Å². The second-order valence-electron chi connectivity index (χ2n) is 5.80. The quantitative estimate of drug-likeness (QED) is 0.858. The fraction of sp³-hybridized carbons (Fsp3) is 0.353. The number of rotatable bonds is 6. The predicted octanol–water partition coefficient (Wildman–Crippen LogP) is 3.38. The van der Waals surface area contributed by atoms with E-state index in [1.807, 2.05) is 25.1 Å². The van der Waals surface area contributed by atoms with Gasteiger partial charge >= 0.3 is 0 Å². The first kappa shape index (κ1) is 15.9. The monoisotopic (exact) mass is 298 g/mol. The standard InChI is InChI=1S/C17H22N4O/c1-12(2)9-13(3)20-17(22)14-5-4-6-15(10-14)21-16-11-18-7-8-19-16/h4-8,10-13H,9H2,1-3H3,(H,19,21)(H,20,22)/t13-/m1/s1. The lowest BCUT2D eigenvalue weighted by Crippen LogP contribution is -2.33. The molecule has 1 aromatic carbocycles. The molecular formula is C17H22N4O. The molecule has 22 heavy (non-hydrogen) atoms. The highest BCUT2D eigenvalue weighted by molar-refractivity contribution is 5.95. The maximum absolute atomic E-state index is 12.3. The van der Waals surface area contributed by atoms with Gasteiger partial charge in [-0.2, -0.15) is 0 Å². The maximum atomic E-state index is 12.3. The zero-order valence-electron chi connectivity index (χ0n) is 13.2. The van der Waals surface area contributed by atoms with Crippen molar-refractivity contribution in [1.29, 1.82) is 0 Å². The van der Waals surface area contributed by atoms with Gasteiger partial charge in [-0.15, -0.1) is 0 Å². The average Bonchev–Trinajstić information content (AvgIpc) is 2.47. The number of hydrogen-bond acceptors (Lipinski definition) is 4. The second-order valence-corrected chi connectivity index (χ2v) is 5.80. The van der Waals surface area contributed by atoms with Crippen molar-refractivity contribution in [2.24, 2.45) is 5.92 Å². The van der Waals surface area contributed by atoms with Crippen LogP contribution in [0, 0.1) is 5.92 Å². The molecule has 1 aromatic heterocycles. The first-order chi connectivity index (χ1) is 10.5. The number of carbonyl (C=O) groups excluding carboxylic acids is 1. The van der Waals surface area contributed by atoms with Crippen LogP contribution in [-0.2, 0) is 0 Å². The first-order valence-corrected chi connectivity index (χ1v) is 7.48. The van der Waals surface area contributed by atoms with Crippen LogP contribution in [-0.4, -0.2) is 21.9 Å². The van der Waals surface area contributed by atoms with Gasteiger partial charge in [-0.25, -0.2) is 4.98 Å². The van der Waals surface area contributed by atoms with Crippen molar-refractivity contribution in [3.63, 3.8) is 0 Å². The smallest absolute Gasteiger partial charge is 0.251 e. The summed E-state index contributed by atoms with van der Waals surface area (Å²) >= 11 is 0. The number of hydrogen-bond donors (Lipinski definition) is 2. The summed E-state index contributed by atoms with van der Waals surface area (Å²) in [6.45, 7) is 6.32. The first-order valence-electron chi connectivity index (χ1n) is 7.48. The maximum Gasteiger partial charge on any atom is 0.251 e. The van der Waals surface area contributed by atoms with Crippen LogP contribution in [0.2, 0.25) is 0 Å². The van der Waals surface area contributed by atoms with E-state index in [2.05, 4.69) is 34.4 Å². The molecule has 2 rings (SSSR count). The van der Waals surface area contributed by atoms with Crippen LogP contribution >= 0.6 is 0 Å². The number of nitrogens with one attached hydrogen (secondary N) is 2. The van der Waals surface area contributed by atoms with Gasteiger partial charge in [0.05, 0.1) is 6.20 Å². The lowest BCUT2D eigenvalue weighted by Gasteiger charge is -2.16. The van der Waals surface area contributed by atoms with Crippen molar-refractivity contribution >= 4 is 17.4 Å². The molecule has 1 atom stereocenters. The summed E-state index contributed by atoms with van der Waals surface area (Å²) in [4.78, 5) is 20.4. The van der Waals surface area contributed by atoms with E-state index < -0.39 is 0 Å². The third-order valence-electron chi connectivity index (χ3n) is 3.16. The van der Waals surface area contributed by atoms with Crippen molar-refractivity contribution in [2.75, 3.05) is 5.32 Å². The Kier molecular flexibility index (Phi) is 5.47. The van der Waals surface area contributed by atoms with Gasteiger partial charge in [0.1, 0.15) is 5.82 Å². The van der Waals surface area contributed by atoms with Crippen molar-refractivity contribution in [2.45, 2.75) is 33.2 Å². The largest absolute Gasteiger partial charge is 0.350 e. The van der Waals surface area contributed by atoms with Gasteiger partial charge < -0.3 is 10.6 Å². The molecule has 0 bridgehead atoms. The summed E-state index contributed by atoms with van der Waals surface area (Å²) in [7, 11) is 0. The van der Waals surface area contributed by atoms with Gasteiger partial charge in [0.25, 0.3) is 5.91 Å². The SMILES string of the molecule is CC(C)C[C@@H](C)NC(=O)c1cccc(Nc2cnccn2)c1. The molecule has 0 unspecified atom stereocenters. The fourth-order valence-corrected chi connectivity index (χ4v) is 2.32. The Hall–Kier alpha value is -2.43. The van der Waals surface area contributed by atoms with Gasteiger partial charge in [0, 0.05) is 29.7 Å². The van der Waals surface area contributed by atoms with Crippen molar-refractivity contribution in [3.8, 4) is 0 Å². The lowest BCUT2D eigenvalue weighted by molar-refractivity contribution is 0.0936. The normalized spacial score (nSPS) is 12.0. The number of benzene rings is 1. The molecule has 0 aliphatic heterocycles. The number of nitrogens with zero attached hydrogens (tertiary/aromatic N) is 2. The van der Waals surface area contributed by atoms with Crippen LogP contribution < -0.4 is 10.6 Å². The molecule has 1 heterocycles. The minimum absolute atomic E-state index is 0.0593. The summed E-state index contributed by atoms with van der Waals surface area (Å²) in [6, 6.07) is 7.51. The second kappa shape index (κ2) is 7.54. The molecule has 5 nitrogen and oxygen atoms in total.